The minimum Gasteiger partial charge on any atom is -0.506 e. The van der Waals surface area contributed by atoms with Crippen molar-refractivity contribution in [2.75, 3.05) is 18.0 Å². The number of aromatic nitrogens is 1. The van der Waals surface area contributed by atoms with E-state index in [4.69, 9.17) is 0 Å². The molecular formula is C15H16Br2N4O. The van der Waals surface area contributed by atoms with Crippen molar-refractivity contribution in [2.45, 2.75) is 13.8 Å². The SMILES string of the molecule is CCN(CC)c1c(O)cc(Br)c(Br)c1N=Nc1ccccn1. The number of hydrogen-bond acceptors (Lipinski definition) is 5. The summed E-state index contributed by atoms with van der Waals surface area (Å²) in [7, 11) is 0. The predicted molar refractivity (Wildman–Crippen MR) is 95.5 cm³/mol. The minimum atomic E-state index is 0.161. The van der Waals surface area contributed by atoms with Gasteiger partial charge in [0, 0.05) is 23.8 Å². The number of aromatic hydroxyl groups is 1. The summed E-state index contributed by atoms with van der Waals surface area (Å²) in [5.74, 6) is 0.674. The second kappa shape index (κ2) is 7.69. The summed E-state index contributed by atoms with van der Waals surface area (Å²) in [6, 6.07) is 7.09. The number of nitrogens with zero attached hydrogens (tertiary/aromatic N) is 4. The summed E-state index contributed by atoms with van der Waals surface area (Å²) in [6.45, 7) is 5.56. The molecule has 0 saturated heterocycles. The fraction of sp³-hybridized carbons (Fsp3) is 0.267. The van der Waals surface area contributed by atoms with Crippen molar-refractivity contribution < 1.29 is 5.11 Å². The van der Waals surface area contributed by atoms with Crippen molar-refractivity contribution in [3.8, 4) is 5.75 Å². The van der Waals surface area contributed by atoms with Crippen molar-refractivity contribution in [3.05, 3.63) is 39.4 Å². The standard InChI is InChI=1S/C15H16Br2N4O/c1-3-21(4-2)15-11(22)9-10(16)13(17)14(15)20-19-12-7-5-6-8-18-12/h5-9,22H,3-4H2,1-2H3. The van der Waals surface area contributed by atoms with E-state index in [1.165, 1.54) is 0 Å². The average molecular weight is 428 g/mol. The molecule has 2 aromatic rings. The summed E-state index contributed by atoms with van der Waals surface area (Å²) >= 11 is 6.91. The molecule has 0 bridgehead atoms. The number of anilines is 1. The summed E-state index contributed by atoms with van der Waals surface area (Å²) in [5, 5.41) is 18.8. The van der Waals surface area contributed by atoms with Crippen LogP contribution in [0.5, 0.6) is 5.75 Å². The molecule has 7 heteroatoms. The Balaban J connectivity index is 2.55. The molecule has 0 amide bonds. The van der Waals surface area contributed by atoms with Crippen LogP contribution in [0.3, 0.4) is 0 Å². The molecule has 1 heterocycles. The molecule has 0 atom stereocenters. The summed E-state index contributed by atoms with van der Waals surface area (Å²) in [5.41, 5.74) is 1.22. The van der Waals surface area contributed by atoms with Gasteiger partial charge in [-0.25, -0.2) is 4.98 Å². The molecule has 0 saturated carbocycles. The zero-order valence-electron chi connectivity index (χ0n) is 12.3. The Morgan fingerprint density at radius 1 is 1.18 bits per heavy atom. The predicted octanol–water partition coefficient (Wildman–Crippen LogP) is 5.57. The Labute approximate surface area is 146 Å². The molecule has 0 radical (unpaired) electrons. The molecule has 0 fully saturated rings. The van der Waals surface area contributed by atoms with Crippen LogP contribution in [0.15, 0.2) is 49.6 Å². The zero-order valence-corrected chi connectivity index (χ0v) is 15.5. The quantitative estimate of drug-likeness (QED) is 0.634. The van der Waals surface area contributed by atoms with Crippen molar-refractivity contribution in [2.24, 2.45) is 10.2 Å². The van der Waals surface area contributed by atoms with Gasteiger partial charge in [-0.05, 0) is 63.9 Å². The lowest BCUT2D eigenvalue weighted by atomic mass is 10.2. The van der Waals surface area contributed by atoms with E-state index in [0.717, 1.165) is 22.0 Å². The Bertz CT molecular complexity index is 673. The largest absolute Gasteiger partial charge is 0.506 e. The molecule has 116 valence electrons. The third-order valence-electron chi connectivity index (χ3n) is 3.13. The molecular weight excluding hydrogens is 412 g/mol. The summed E-state index contributed by atoms with van der Waals surface area (Å²) < 4.78 is 1.46. The van der Waals surface area contributed by atoms with Gasteiger partial charge in [-0.3, -0.25) is 0 Å². The Kier molecular flexibility index (Phi) is 5.90. The van der Waals surface area contributed by atoms with Crippen LogP contribution in [0.25, 0.3) is 0 Å². The van der Waals surface area contributed by atoms with Gasteiger partial charge in [0.2, 0.25) is 0 Å². The van der Waals surface area contributed by atoms with Crippen LogP contribution in [0.4, 0.5) is 17.2 Å². The van der Waals surface area contributed by atoms with Crippen LogP contribution < -0.4 is 4.90 Å². The molecule has 1 aromatic carbocycles. The topological polar surface area (TPSA) is 61.1 Å². The maximum Gasteiger partial charge on any atom is 0.174 e. The van der Waals surface area contributed by atoms with Crippen molar-refractivity contribution >= 4 is 49.1 Å². The van der Waals surface area contributed by atoms with Crippen LogP contribution >= 0.6 is 31.9 Å². The van der Waals surface area contributed by atoms with Gasteiger partial charge in [0.15, 0.2) is 5.82 Å². The average Bonchev–Trinajstić information content (AvgIpc) is 2.53. The van der Waals surface area contributed by atoms with Crippen molar-refractivity contribution in [3.63, 3.8) is 0 Å². The molecule has 1 aromatic heterocycles. The number of rotatable bonds is 5. The van der Waals surface area contributed by atoms with Crippen molar-refractivity contribution in [1.29, 1.82) is 0 Å². The fourth-order valence-electron chi connectivity index (χ4n) is 2.05. The lowest BCUT2D eigenvalue weighted by Crippen LogP contribution is -2.22. The molecule has 0 aliphatic rings. The summed E-state index contributed by atoms with van der Waals surface area (Å²) in [4.78, 5) is 6.15. The van der Waals surface area contributed by atoms with E-state index >= 15 is 0 Å². The summed E-state index contributed by atoms with van der Waals surface area (Å²) in [6.07, 6.45) is 1.66. The van der Waals surface area contributed by atoms with Crippen LogP contribution in [0.1, 0.15) is 13.8 Å². The molecule has 0 unspecified atom stereocenters. The molecule has 2 rings (SSSR count). The minimum absolute atomic E-state index is 0.161. The van der Waals surface area contributed by atoms with Gasteiger partial charge in [-0.15, -0.1) is 10.2 Å². The first-order valence-corrected chi connectivity index (χ1v) is 8.45. The van der Waals surface area contributed by atoms with Crippen molar-refractivity contribution in [1.82, 2.24) is 4.98 Å². The van der Waals surface area contributed by atoms with Gasteiger partial charge in [-0.1, -0.05) is 6.07 Å². The molecule has 0 spiro atoms. The number of halogens is 2. The monoisotopic (exact) mass is 426 g/mol. The van der Waals surface area contributed by atoms with Crippen LogP contribution in [0, 0.1) is 0 Å². The highest BCUT2D eigenvalue weighted by molar-refractivity contribution is 9.13. The van der Waals surface area contributed by atoms with Gasteiger partial charge >= 0.3 is 0 Å². The molecule has 0 aliphatic heterocycles. The second-order valence-electron chi connectivity index (χ2n) is 4.45. The van der Waals surface area contributed by atoms with E-state index in [1.807, 2.05) is 30.9 Å². The van der Waals surface area contributed by atoms with Crippen LogP contribution in [-0.2, 0) is 0 Å². The molecule has 22 heavy (non-hydrogen) atoms. The van der Waals surface area contributed by atoms with Gasteiger partial charge in [-0.2, -0.15) is 0 Å². The Morgan fingerprint density at radius 2 is 1.91 bits per heavy atom. The lowest BCUT2D eigenvalue weighted by molar-refractivity contribution is 0.474. The Morgan fingerprint density at radius 3 is 2.50 bits per heavy atom. The van der Waals surface area contributed by atoms with Crippen LogP contribution in [0.2, 0.25) is 0 Å². The van der Waals surface area contributed by atoms with Gasteiger partial charge < -0.3 is 10.0 Å². The molecule has 5 nitrogen and oxygen atoms in total. The highest BCUT2D eigenvalue weighted by Crippen LogP contribution is 2.47. The van der Waals surface area contributed by atoms with Gasteiger partial charge in [0.05, 0.1) is 4.47 Å². The number of phenols is 1. The highest BCUT2D eigenvalue weighted by atomic mass is 79.9. The maximum absolute atomic E-state index is 10.3. The third kappa shape index (κ3) is 3.64. The van der Waals surface area contributed by atoms with Gasteiger partial charge in [0.1, 0.15) is 17.1 Å². The first-order chi connectivity index (χ1) is 10.6. The highest BCUT2D eigenvalue weighted by Gasteiger charge is 2.19. The number of phenolic OH excluding ortho intramolecular Hbond substituents is 1. The van der Waals surface area contributed by atoms with E-state index in [-0.39, 0.29) is 5.75 Å². The number of azo groups is 1. The number of hydrogen-bond donors (Lipinski definition) is 1. The second-order valence-corrected chi connectivity index (χ2v) is 6.10. The van der Waals surface area contributed by atoms with Gasteiger partial charge in [0.25, 0.3) is 0 Å². The van der Waals surface area contributed by atoms with E-state index < -0.39 is 0 Å². The molecule has 1 N–H and O–H groups in total. The van der Waals surface area contributed by atoms with E-state index in [2.05, 4.69) is 47.1 Å². The zero-order chi connectivity index (χ0) is 16.1. The van der Waals surface area contributed by atoms with E-state index in [0.29, 0.717) is 17.2 Å². The van der Waals surface area contributed by atoms with E-state index in [9.17, 15) is 5.11 Å². The first kappa shape index (κ1) is 16.9. The maximum atomic E-state index is 10.3. The number of pyridine rings is 1. The smallest absolute Gasteiger partial charge is 0.174 e. The lowest BCUT2D eigenvalue weighted by Gasteiger charge is -2.24. The number of benzene rings is 1. The first-order valence-electron chi connectivity index (χ1n) is 6.87. The molecule has 0 aliphatic carbocycles. The fourth-order valence-corrected chi connectivity index (χ4v) is 2.83. The normalized spacial score (nSPS) is 11.1. The van der Waals surface area contributed by atoms with Crippen LogP contribution in [-0.4, -0.2) is 23.2 Å². The third-order valence-corrected chi connectivity index (χ3v) is 5.09. The van der Waals surface area contributed by atoms with E-state index in [1.54, 1.807) is 18.3 Å². The Hall–Kier alpha value is -1.47.